The average Bonchev–Trinajstić information content (AvgIpc) is 3.32. The number of rotatable bonds is 13. The van der Waals surface area contributed by atoms with E-state index in [0.717, 1.165) is 51.4 Å². The molecule has 0 amide bonds. The summed E-state index contributed by atoms with van der Waals surface area (Å²) in [6, 6.07) is 8.90. The monoisotopic (exact) mass is 447 g/mol. The number of quaternary nitrogens is 1. The summed E-state index contributed by atoms with van der Waals surface area (Å²) < 4.78 is 11.5. The zero-order valence-corrected chi connectivity index (χ0v) is 20.3. The molecular formula is C26H41NO5. The highest BCUT2D eigenvalue weighted by atomic mass is 16.6. The molecule has 0 N–H and O–H groups in total. The van der Waals surface area contributed by atoms with Crippen molar-refractivity contribution in [3.05, 3.63) is 35.9 Å². The smallest absolute Gasteiger partial charge is 0.313 e. The lowest BCUT2D eigenvalue weighted by molar-refractivity contribution is -0.907. The van der Waals surface area contributed by atoms with Crippen LogP contribution in [0.25, 0.3) is 0 Å². The van der Waals surface area contributed by atoms with Gasteiger partial charge >= 0.3 is 5.97 Å². The topological polar surface area (TPSA) is 75.7 Å². The van der Waals surface area contributed by atoms with Gasteiger partial charge in [0.05, 0.1) is 20.0 Å². The summed E-state index contributed by atoms with van der Waals surface area (Å²) >= 11 is 0. The maximum atomic E-state index is 13.8. The number of benzene rings is 1. The van der Waals surface area contributed by atoms with E-state index in [4.69, 9.17) is 9.47 Å². The molecule has 1 aromatic carbocycles. The van der Waals surface area contributed by atoms with E-state index >= 15 is 0 Å². The average molecular weight is 448 g/mol. The molecule has 6 heteroatoms. The molecule has 0 heterocycles. The van der Waals surface area contributed by atoms with E-state index < -0.39 is 11.6 Å². The molecule has 6 nitrogen and oxygen atoms in total. The Morgan fingerprint density at radius 1 is 1.06 bits per heavy atom. The number of ether oxygens (including phenoxy) is 2. The molecule has 1 aliphatic carbocycles. The quantitative estimate of drug-likeness (QED) is 0.261. The van der Waals surface area contributed by atoms with Crippen molar-refractivity contribution in [1.29, 1.82) is 0 Å². The number of hydrogen-bond donors (Lipinski definition) is 0. The second kappa shape index (κ2) is 12.4. The van der Waals surface area contributed by atoms with E-state index in [2.05, 4.69) is 13.8 Å². The predicted molar refractivity (Wildman–Crippen MR) is 122 cm³/mol. The number of hydrogen-bond acceptors (Lipinski definition) is 5. The number of esters is 2. The van der Waals surface area contributed by atoms with Crippen molar-refractivity contribution in [3.63, 3.8) is 0 Å². The maximum Gasteiger partial charge on any atom is 0.313 e. The van der Waals surface area contributed by atoms with Crippen LogP contribution >= 0.6 is 0 Å². The molecule has 1 atom stereocenters. The van der Waals surface area contributed by atoms with Gasteiger partial charge in [-0.3, -0.25) is 14.1 Å². The fourth-order valence-electron chi connectivity index (χ4n) is 4.53. The molecular weight excluding hydrogens is 406 g/mol. The van der Waals surface area contributed by atoms with Crippen LogP contribution in [0, 0.1) is 11.8 Å². The molecule has 2 rings (SSSR count). The summed E-state index contributed by atoms with van der Waals surface area (Å²) in [6.45, 7) is 4.92. The Hall–Kier alpha value is -1.92. The molecule has 0 spiro atoms. The van der Waals surface area contributed by atoms with E-state index in [1.807, 2.05) is 20.2 Å². The van der Waals surface area contributed by atoms with E-state index in [-0.39, 0.29) is 31.1 Å². The van der Waals surface area contributed by atoms with Crippen LogP contribution in [0.3, 0.4) is 0 Å². The van der Waals surface area contributed by atoms with Gasteiger partial charge in [0.15, 0.2) is 0 Å². The first-order valence-corrected chi connectivity index (χ1v) is 12.2. The lowest BCUT2D eigenvalue weighted by Crippen LogP contribution is -2.55. The van der Waals surface area contributed by atoms with Crippen LogP contribution in [-0.2, 0) is 24.7 Å². The maximum absolute atomic E-state index is 13.8. The second-order valence-corrected chi connectivity index (χ2v) is 9.75. The Bertz CT molecular complexity index is 708. The molecule has 0 aromatic heterocycles. The fourth-order valence-corrected chi connectivity index (χ4v) is 4.53. The van der Waals surface area contributed by atoms with Gasteiger partial charge in [-0.15, -0.1) is 0 Å². The number of nitrogens with zero attached hydrogens (tertiary/aromatic N) is 1. The van der Waals surface area contributed by atoms with E-state index in [1.165, 1.54) is 0 Å². The van der Waals surface area contributed by atoms with E-state index in [1.54, 1.807) is 24.3 Å². The molecule has 180 valence electrons. The van der Waals surface area contributed by atoms with Crippen LogP contribution in [-0.4, -0.2) is 50.4 Å². The molecule has 1 unspecified atom stereocenters. The van der Waals surface area contributed by atoms with Crippen LogP contribution in [0.2, 0.25) is 0 Å². The number of likely N-dealkylation sites (N-methyl/N-ethyl adjacent to an activating group) is 1. The molecule has 1 aromatic rings. The standard InChI is InChI=1S/C26H41NO5/c1-5-12-21(13-6-2)24(28)32-20-27(3,4)18-19-31-25(29)26(30,23-16-10-11-17-23)22-14-8-7-9-15-22/h7-9,14-15,21,23H,5-6,10-13,16-20H2,1-4H3. The summed E-state index contributed by atoms with van der Waals surface area (Å²) in [6.07, 6.45) is 7.03. The Balaban J connectivity index is 1.92. The van der Waals surface area contributed by atoms with Gasteiger partial charge in [-0.1, -0.05) is 82.7 Å². The predicted octanol–water partition coefficient (Wildman–Crippen LogP) is 3.77. The SMILES string of the molecule is CCCC(CCC)C(=O)OC[N+](C)(C)CCOC(=O)C([O-])(c1ccccc1)C1CCCC1. The third-order valence-electron chi connectivity index (χ3n) is 6.53. The van der Waals surface area contributed by atoms with Crippen LogP contribution in [0.4, 0.5) is 0 Å². The Morgan fingerprint density at radius 3 is 2.22 bits per heavy atom. The normalized spacial score (nSPS) is 16.7. The van der Waals surface area contributed by atoms with Crippen LogP contribution < -0.4 is 5.11 Å². The van der Waals surface area contributed by atoms with E-state index in [0.29, 0.717) is 16.6 Å². The number of carbonyl (C=O) groups is 2. The van der Waals surface area contributed by atoms with Gasteiger partial charge < -0.3 is 14.6 Å². The zero-order chi connectivity index (χ0) is 23.6. The number of carbonyl (C=O) groups excluding carboxylic acids is 2. The van der Waals surface area contributed by atoms with Gasteiger partial charge in [-0.05, 0) is 24.3 Å². The summed E-state index contributed by atoms with van der Waals surface area (Å²) in [4.78, 5) is 25.4. The van der Waals surface area contributed by atoms with Gasteiger partial charge in [0, 0.05) is 5.60 Å². The Labute approximate surface area is 193 Å². The molecule has 1 fully saturated rings. The second-order valence-electron chi connectivity index (χ2n) is 9.75. The van der Waals surface area contributed by atoms with Crippen molar-refractivity contribution in [3.8, 4) is 0 Å². The van der Waals surface area contributed by atoms with Crippen molar-refractivity contribution >= 4 is 11.9 Å². The van der Waals surface area contributed by atoms with Gasteiger partial charge in [-0.2, -0.15) is 0 Å². The first-order valence-electron chi connectivity index (χ1n) is 12.2. The molecule has 0 saturated heterocycles. The first-order chi connectivity index (χ1) is 15.2. The summed E-state index contributed by atoms with van der Waals surface area (Å²) in [7, 11) is 3.85. The van der Waals surface area contributed by atoms with Crippen molar-refractivity contribution in [2.45, 2.75) is 70.8 Å². The minimum atomic E-state index is -1.87. The summed E-state index contributed by atoms with van der Waals surface area (Å²) in [5.41, 5.74) is -1.38. The van der Waals surface area contributed by atoms with Crippen molar-refractivity contribution in [2.24, 2.45) is 11.8 Å². The highest BCUT2D eigenvalue weighted by Crippen LogP contribution is 2.39. The van der Waals surface area contributed by atoms with Crippen LogP contribution in [0.1, 0.15) is 70.8 Å². The molecule has 1 saturated carbocycles. The summed E-state index contributed by atoms with van der Waals surface area (Å²) in [5, 5.41) is 13.8. The highest BCUT2D eigenvalue weighted by Gasteiger charge is 2.39. The first kappa shape index (κ1) is 26.3. The van der Waals surface area contributed by atoms with Crippen LogP contribution in [0.5, 0.6) is 0 Å². The van der Waals surface area contributed by atoms with Crippen molar-refractivity contribution in [1.82, 2.24) is 0 Å². The lowest BCUT2D eigenvalue weighted by Gasteiger charge is -2.43. The molecule has 1 aliphatic rings. The molecule has 0 radical (unpaired) electrons. The van der Waals surface area contributed by atoms with Crippen molar-refractivity contribution in [2.75, 3.05) is 34.0 Å². The fraction of sp³-hybridized carbons (Fsp3) is 0.692. The van der Waals surface area contributed by atoms with Crippen molar-refractivity contribution < 1.29 is 28.7 Å². The minimum absolute atomic E-state index is 0.0545. The zero-order valence-electron chi connectivity index (χ0n) is 20.3. The molecule has 0 bridgehead atoms. The Morgan fingerprint density at radius 2 is 1.66 bits per heavy atom. The molecule has 0 aliphatic heterocycles. The van der Waals surface area contributed by atoms with Gasteiger partial charge in [0.25, 0.3) is 5.97 Å². The third kappa shape index (κ3) is 7.04. The largest absolute Gasteiger partial charge is 0.837 e. The van der Waals surface area contributed by atoms with Gasteiger partial charge in [-0.25, -0.2) is 0 Å². The van der Waals surface area contributed by atoms with Gasteiger partial charge in [0.2, 0.25) is 6.73 Å². The van der Waals surface area contributed by atoms with Crippen LogP contribution in [0.15, 0.2) is 30.3 Å². The van der Waals surface area contributed by atoms with E-state index in [9.17, 15) is 14.7 Å². The summed E-state index contributed by atoms with van der Waals surface area (Å²) in [5.74, 6) is -1.14. The van der Waals surface area contributed by atoms with Gasteiger partial charge in [0.1, 0.15) is 13.2 Å². The third-order valence-corrected chi connectivity index (χ3v) is 6.53. The highest BCUT2D eigenvalue weighted by molar-refractivity contribution is 5.81. The lowest BCUT2D eigenvalue weighted by atomic mass is 9.80. The molecule has 32 heavy (non-hydrogen) atoms. The Kier molecular flexibility index (Phi) is 10.2. The minimum Gasteiger partial charge on any atom is -0.837 e.